The molecule has 0 heterocycles. The summed E-state index contributed by atoms with van der Waals surface area (Å²) in [5.74, 6) is -15.0. The lowest BCUT2D eigenvalue weighted by Gasteiger charge is -2.28. The largest absolute Gasteiger partial charge is 0.467 e. The summed E-state index contributed by atoms with van der Waals surface area (Å²) in [7, 11) is 1.10. The summed E-state index contributed by atoms with van der Waals surface area (Å²) < 4.78 is 41.1. The van der Waals surface area contributed by atoms with Crippen molar-refractivity contribution in [1.29, 1.82) is 0 Å². The molecule has 0 saturated heterocycles. The number of amides is 6. The van der Waals surface area contributed by atoms with E-state index in [0.717, 1.165) is 7.11 Å². The Bertz CT molecular complexity index is 1540. The van der Waals surface area contributed by atoms with Gasteiger partial charge in [0.15, 0.2) is 0 Å². The number of hydrogen-bond acceptors (Lipinski definition) is 11. The van der Waals surface area contributed by atoms with E-state index in [2.05, 4.69) is 31.3 Å². The lowest BCUT2D eigenvalue weighted by atomic mass is 9.96. The first-order valence-electron chi connectivity index (χ1n) is 17.5. The van der Waals surface area contributed by atoms with E-state index < -0.39 is 120 Å². The smallest absolute Gasteiger partial charge is 0.408 e. The number of nitrogens with one attached hydrogen (secondary N) is 6. The van der Waals surface area contributed by atoms with Crippen LogP contribution in [-0.2, 0) is 49.5 Å². The first-order valence-corrected chi connectivity index (χ1v) is 17.5. The molecule has 6 atom stereocenters. The van der Waals surface area contributed by atoms with Crippen molar-refractivity contribution in [2.24, 2.45) is 11.8 Å². The molecule has 0 radical (unpaired) electrons. The number of alkyl halides is 2. The van der Waals surface area contributed by atoms with Crippen LogP contribution in [0.4, 0.5) is 13.6 Å². The quantitative estimate of drug-likeness (QED) is 0.0741. The Morgan fingerprint density at radius 1 is 0.673 bits per heavy atom. The van der Waals surface area contributed by atoms with E-state index in [4.69, 9.17) is 4.74 Å². The number of aliphatic hydroxyl groups is 1. The van der Waals surface area contributed by atoms with Gasteiger partial charge >= 0.3 is 18.0 Å². The zero-order valence-electron chi connectivity index (χ0n) is 32.7. The molecule has 0 fully saturated rings. The number of rotatable bonds is 19. The van der Waals surface area contributed by atoms with Crippen LogP contribution in [-0.4, -0.2) is 114 Å². The second kappa shape index (κ2) is 21.0. The van der Waals surface area contributed by atoms with Crippen molar-refractivity contribution in [2.75, 3.05) is 13.7 Å². The Balaban J connectivity index is 3.16. The Morgan fingerprint density at radius 3 is 1.65 bits per heavy atom. The van der Waals surface area contributed by atoms with Gasteiger partial charge in [0, 0.05) is 6.42 Å². The molecule has 1 rings (SSSR count). The lowest BCUT2D eigenvalue weighted by Crippen LogP contribution is -2.61. The number of carbonyl (C=O) groups excluding carboxylic acids is 8. The van der Waals surface area contributed by atoms with Gasteiger partial charge in [0.1, 0.15) is 35.8 Å². The minimum Gasteiger partial charge on any atom is -0.467 e. The highest BCUT2D eigenvalue weighted by Gasteiger charge is 2.52. The maximum Gasteiger partial charge on any atom is 0.408 e. The Morgan fingerprint density at radius 2 is 1.18 bits per heavy atom. The molecule has 17 nitrogen and oxygen atoms in total. The third-order valence-electron chi connectivity index (χ3n) is 7.86. The van der Waals surface area contributed by atoms with Crippen molar-refractivity contribution < 1.29 is 61.7 Å². The van der Waals surface area contributed by atoms with Gasteiger partial charge in [-0.1, -0.05) is 58.0 Å². The van der Waals surface area contributed by atoms with Crippen molar-refractivity contribution in [3.05, 3.63) is 35.9 Å². The second-order valence-corrected chi connectivity index (χ2v) is 14.5. The van der Waals surface area contributed by atoms with Crippen LogP contribution >= 0.6 is 0 Å². The number of Topliss-reactive ketones (excluding diaryl/α,β-unsaturated/α-hetero) is 1. The molecule has 0 spiro atoms. The van der Waals surface area contributed by atoms with E-state index in [0.29, 0.717) is 5.56 Å². The monoisotopic (exact) mass is 784 g/mol. The average molecular weight is 785 g/mol. The first-order chi connectivity index (χ1) is 25.4. The van der Waals surface area contributed by atoms with Crippen LogP contribution in [0.1, 0.15) is 67.9 Å². The maximum atomic E-state index is 15.7. The lowest BCUT2D eigenvalue weighted by molar-refractivity contribution is -0.161. The molecule has 7 N–H and O–H groups in total. The number of benzene rings is 1. The number of hydrogen-bond donors (Lipinski definition) is 7. The van der Waals surface area contributed by atoms with E-state index >= 15 is 8.78 Å². The molecule has 308 valence electrons. The van der Waals surface area contributed by atoms with E-state index in [1.54, 1.807) is 52.8 Å². The number of esters is 1. The summed E-state index contributed by atoms with van der Waals surface area (Å²) in [5, 5.41) is 22.7. The summed E-state index contributed by atoms with van der Waals surface area (Å²) in [6.45, 7) is 12.4. The minimum atomic E-state index is -4.79. The number of carbonyl (C=O) groups is 8. The minimum absolute atomic E-state index is 0.325. The second-order valence-electron chi connectivity index (χ2n) is 14.5. The maximum absolute atomic E-state index is 15.7. The zero-order chi connectivity index (χ0) is 42.4. The third-order valence-corrected chi connectivity index (χ3v) is 7.86. The molecular formula is C36H54F2N6O11. The van der Waals surface area contributed by atoms with Crippen LogP contribution in [0.5, 0.6) is 0 Å². The van der Waals surface area contributed by atoms with Gasteiger partial charge in [-0.3, -0.25) is 28.8 Å². The van der Waals surface area contributed by atoms with Gasteiger partial charge in [0.2, 0.25) is 29.4 Å². The number of alkyl carbamates (subject to hydrolysis) is 1. The highest BCUT2D eigenvalue weighted by Crippen LogP contribution is 2.21. The predicted octanol–water partition coefficient (Wildman–Crippen LogP) is 0.268. The van der Waals surface area contributed by atoms with Gasteiger partial charge in [-0.05, 0) is 52.0 Å². The topological polar surface area (TPSA) is 247 Å². The molecule has 19 heteroatoms. The molecule has 0 bridgehead atoms. The van der Waals surface area contributed by atoms with Gasteiger partial charge in [-0.15, -0.1) is 0 Å². The highest BCUT2D eigenvalue weighted by molar-refractivity contribution is 6.11. The molecular weight excluding hydrogens is 730 g/mol. The molecule has 0 unspecified atom stereocenters. The molecule has 0 aliphatic heterocycles. The van der Waals surface area contributed by atoms with E-state index in [9.17, 15) is 43.5 Å². The summed E-state index contributed by atoms with van der Waals surface area (Å²) in [4.78, 5) is 102. The van der Waals surface area contributed by atoms with Crippen molar-refractivity contribution >= 4 is 47.4 Å². The molecule has 1 aromatic rings. The molecule has 0 aliphatic rings. The van der Waals surface area contributed by atoms with Crippen LogP contribution in [0.3, 0.4) is 0 Å². The summed E-state index contributed by atoms with van der Waals surface area (Å²) in [6.07, 6.45) is -1.51. The molecule has 0 saturated carbocycles. The van der Waals surface area contributed by atoms with Gasteiger partial charge in [0.25, 0.3) is 5.91 Å². The molecule has 55 heavy (non-hydrogen) atoms. The molecule has 1 aromatic carbocycles. The SMILES string of the molecule is COC(=O)[C@@H](NC(=O)[C@@H](NC(=O)C(F)(F)C(=O)[C@H](Cc1ccccc1)NC(=O)[C@H](C)NC(=O)[C@H](C)NC(=O)[C@H](CO)NC(=O)OC(C)(C)C)C(C)C)C(C)C. The fourth-order valence-corrected chi connectivity index (χ4v) is 4.75. The third kappa shape index (κ3) is 15.2. The predicted molar refractivity (Wildman–Crippen MR) is 193 cm³/mol. The van der Waals surface area contributed by atoms with Crippen LogP contribution < -0.4 is 31.9 Å². The van der Waals surface area contributed by atoms with Crippen LogP contribution in [0.2, 0.25) is 0 Å². The summed E-state index contributed by atoms with van der Waals surface area (Å²) in [6, 6.07) is -1.42. The van der Waals surface area contributed by atoms with Crippen molar-refractivity contribution in [3.63, 3.8) is 0 Å². The zero-order valence-corrected chi connectivity index (χ0v) is 32.7. The van der Waals surface area contributed by atoms with Crippen LogP contribution in [0.25, 0.3) is 0 Å². The number of ether oxygens (including phenoxy) is 2. The Labute approximate surface area is 318 Å². The standard InChI is InChI=1S/C36H54F2N6O11/c1-18(2)25(31(50)43-26(19(3)4)32(51)54-10)44-33(52)36(37,38)27(46)23(16-22-14-12-11-13-15-22)41-29(48)21(6)39-28(47)20(5)40-30(49)24(17-45)42-34(53)55-35(7,8)9/h11-15,18-21,23-26,45H,16-17H2,1-10H3,(H,39,47)(H,40,49)(H,41,48)(H,42,53)(H,43,50)(H,44,52)/t20-,21-,23-,24-,25-,26-/m0/s1. The van der Waals surface area contributed by atoms with Crippen molar-refractivity contribution in [3.8, 4) is 0 Å². The Hall–Kier alpha value is -5.20. The number of aliphatic hydroxyl groups excluding tert-OH is 1. The van der Waals surface area contributed by atoms with Crippen LogP contribution in [0.15, 0.2) is 30.3 Å². The van der Waals surface area contributed by atoms with Crippen LogP contribution in [0, 0.1) is 11.8 Å². The number of ketones is 1. The number of methoxy groups -OCH3 is 1. The first kappa shape index (κ1) is 47.8. The van der Waals surface area contributed by atoms with Gasteiger partial charge in [-0.2, -0.15) is 8.78 Å². The van der Waals surface area contributed by atoms with Gasteiger partial charge in [0.05, 0.1) is 19.8 Å². The van der Waals surface area contributed by atoms with Crippen molar-refractivity contribution in [1.82, 2.24) is 31.9 Å². The Kier molecular flexibility index (Phi) is 18.3. The summed E-state index contributed by atoms with van der Waals surface area (Å²) in [5.41, 5.74) is -0.580. The highest BCUT2D eigenvalue weighted by atomic mass is 19.3. The van der Waals surface area contributed by atoms with Gasteiger partial charge in [-0.25, -0.2) is 9.59 Å². The normalized spacial score (nSPS) is 14.9. The average Bonchev–Trinajstić information content (AvgIpc) is 3.09. The molecule has 6 amide bonds. The molecule has 0 aliphatic carbocycles. The summed E-state index contributed by atoms with van der Waals surface area (Å²) >= 11 is 0. The van der Waals surface area contributed by atoms with E-state index in [-0.39, 0.29) is 0 Å². The fourth-order valence-electron chi connectivity index (χ4n) is 4.75. The fraction of sp³-hybridized carbons (Fsp3) is 0.611. The number of halogens is 2. The van der Waals surface area contributed by atoms with Gasteiger partial charge < -0.3 is 46.5 Å². The van der Waals surface area contributed by atoms with E-state index in [1.807, 2.05) is 5.32 Å². The van der Waals surface area contributed by atoms with Crippen molar-refractivity contribution in [2.45, 2.75) is 117 Å². The van der Waals surface area contributed by atoms with E-state index in [1.165, 1.54) is 39.8 Å². The molecule has 0 aromatic heterocycles.